The molecule has 0 unspecified atom stereocenters. The van der Waals surface area contributed by atoms with Crippen LogP contribution in [0.25, 0.3) is 0 Å². The van der Waals surface area contributed by atoms with E-state index in [4.69, 9.17) is 5.73 Å². The summed E-state index contributed by atoms with van der Waals surface area (Å²) in [4.78, 5) is 6.67. The molecular weight excluding hydrogens is 212 g/mol. The van der Waals surface area contributed by atoms with Crippen LogP contribution in [0.4, 0.5) is 0 Å². The number of nitrogens with two attached hydrogens (primary N) is 1. The molecule has 98 valence electrons. The number of nitrogens with zero attached hydrogens (tertiary/aromatic N) is 3. The van der Waals surface area contributed by atoms with E-state index >= 15 is 0 Å². The van der Waals surface area contributed by atoms with Crippen LogP contribution in [0.15, 0.2) is 12.4 Å². The SMILES string of the molecule is CN(CCCCCCCN)Cc1nccn1C. The van der Waals surface area contributed by atoms with Crippen molar-refractivity contribution in [1.29, 1.82) is 0 Å². The van der Waals surface area contributed by atoms with Crippen molar-refractivity contribution in [3.8, 4) is 0 Å². The number of rotatable bonds is 9. The fourth-order valence-electron chi connectivity index (χ4n) is 1.93. The molecule has 0 radical (unpaired) electrons. The van der Waals surface area contributed by atoms with Crippen LogP contribution >= 0.6 is 0 Å². The van der Waals surface area contributed by atoms with Crippen LogP contribution in [-0.4, -0.2) is 34.6 Å². The van der Waals surface area contributed by atoms with Gasteiger partial charge in [0.1, 0.15) is 5.82 Å². The smallest absolute Gasteiger partial charge is 0.122 e. The van der Waals surface area contributed by atoms with Crippen molar-refractivity contribution in [3.63, 3.8) is 0 Å². The highest BCUT2D eigenvalue weighted by atomic mass is 15.1. The Morgan fingerprint density at radius 1 is 1.24 bits per heavy atom. The van der Waals surface area contributed by atoms with E-state index in [0.717, 1.165) is 25.5 Å². The van der Waals surface area contributed by atoms with Crippen LogP contribution in [0.1, 0.15) is 37.9 Å². The van der Waals surface area contributed by atoms with Crippen molar-refractivity contribution in [2.24, 2.45) is 12.8 Å². The molecule has 0 saturated heterocycles. The van der Waals surface area contributed by atoms with Gasteiger partial charge in [-0.15, -0.1) is 0 Å². The average molecular weight is 238 g/mol. The van der Waals surface area contributed by atoms with Crippen molar-refractivity contribution in [3.05, 3.63) is 18.2 Å². The zero-order valence-electron chi connectivity index (χ0n) is 11.2. The van der Waals surface area contributed by atoms with Gasteiger partial charge in [0, 0.05) is 19.4 Å². The maximum Gasteiger partial charge on any atom is 0.122 e. The van der Waals surface area contributed by atoms with Crippen molar-refractivity contribution in [1.82, 2.24) is 14.5 Å². The van der Waals surface area contributed by atoms with Gasteiger partial charge in [-0.2, -0.15) is 0 Å². The van der Waals surface area contributed by atoms with Gasteiger partial charge in [0.25, 0.3) is 0 Å². The number of aryl methyl sites for hydroxylation is 1. The molecule has 2 N–H and O–H groups in total. The molecule has 1 heterocycles. The van der Waals surface area contributed by atoms with Crippen molar-refractivity contribution in [2.45, 2.75) is 38.6 Å². The lowest BCUT2D eigenvalue weighted by Gasteiger charge is -2.16. The lowest BCUT2D eigenvalue weighted by molar-refractivity contribution is 0.305. The van der Waals surface area contributed by atoms with Crippen LogP contribution in [0.2, 0.25) is 0 Å². The minimum atomic E-state index is 0.832. The Morgan fingerprint density at radius 3 is 2.59 bits per heavy atom. The Morgan fingerprint density at radius 2 is 1.94 bits per heavy atom. The first-order valence-electron chi connectivity index (χ1n) is 6.59. The van der Waals surface area contributed by atoms with E-state index in [1.165, 1.54) is 32.1 Å². The molecule has 0 atom stereocenters. The highest BCUT2D eigenvalue weighted by molar-refractivity contribution is 4.90. The van der Waals surface area contributed by atoms with E-state index in [1.807, 2.05) is 19.4 Å². The summed E-state index contributed by atoms with van der Waals surface area (Å²) in [5, 5.41) is 0. The second-order valence-corrected chi connectivity index (χ2v) is 4.75. The number of unbranched alkanes of at least 4 members (excludes halogenated alkanes) is 4. The molecule has 0 saturated carbocycles. The van der Waals surface area contributed by atoms with Gasteiger partial charge < -0.3 is 10.3 Å². The van der Waals surface area contributed by atoms with Crippen LogP contribution < -0.4 is 5.73 Å². The predicted molar refractivity (Wildman–Crippen MR) is 71.7 cm³/mol. The normalized spacial score (nSPS) is 11.3. The molecule has 0 aromatic carbocycles. The van der Waals surface area contributed by atoms with Crippen molar-refractivity contribution < 1.29 is 0 Å². The van der Waals surface area contributed by atoms with Gasteiger partial charge in [-0.3, -0.25) is 4.90 Å². The highest BCUT2D eigenvalue weighted by Crippen LogP contribution is 2.05. The Balaban J connectivity index is 2.05. The largest absolute Gasteiger partial charge is 0.337 e. The van der Waals surface area contributed by atoms with Gasteiger partial charge >= 0.3 is 0 Å². The second-order valence-electron chi connectivity index (χ2n) is 4.75. The zero-order chi connectivity index (χ0) is 12.5. The van der Waals surface area contributed by atoms with Gasteiger partial charge in [-0.1, -0.05) is 19.3 Å². The molecule has 1 aromatic heterocycles. The van der Waals surface area contributed by atoms with E-state index in [2.05, 4.69) is 21.5 Å². The first kappa shape index (κ1) is 14.2. The Kier molecular flexibility index (Phi) is 6.89. The average Bonchev–Trinajstić information content (AvgIpc) is 2.69. The van der Waals surface area contributed by atoms with Gasteiger partial charge in [-0.25, -0.2) is 4.98 Å². The van der Waals surface area contributed by atoms with Gasteiger partial charge in [0.15, 0.2) is 0 Å². The third-order valence-electron chi connectivity index (χ3n) is 3.08. The van der Waals surface area contributed by atoms with E-state index in [-0.39, 0.29) is 0 Å². The first-order chi connectivity index (χ1) is 8.24. The minimum absolute atomic E-state index is 0.832. The van der Waals surface area contributed by atoms with E-state index in [0.29, 0.717) is 0 Å². The molecule has 0 aliphatic heterocycles. The maximum atomic E-state index is 5.46. The molecule has 17 heavy (non-hydrogen) atoms. The fourth-order valence-corrected chi connectivity index (χ4v) is 1.93. The van der Waals surface area contributed by atoms with Crippen molar-refractivity contribution in [2.75, 3.05) is 20.1 Å². The summed E-state index contributed by atoms with van der Waals surface area (Å²) >= 11 is 0. The van der Waals surface area contributed by atoms with Gasteiger partial charge in [-0.05, 0) is 33.0 Å². The molecule has 0 fully saturated rings. The third-order valence-corrected chi connectivity index (χ3v) is 3.08. The summed E-state index contributed by atoms with van der Waals surface area (Å²) in [6, 6.07) is 0. The number of hydrogen-bond donors (Lipinski definition) is 1. The Hall–Kier alpha value is -0.870. The molecule has 4 nitrogen and oxygen atoms in total. The molecule has 0 aliphatic rings. The quantitative estimate of drug-likeness (QED) is 0.667. The monoisotopic (exact) mass is 238 g/mol. The van der Waals surface area contributed by atoms with E-state index in [9.17, 15) is 0 Å². The Bertz CT molecular complexity index is 295. The molecule has 0 amide bonds. The second kappa shape index (κ2) is 8.25. The van der Waals surface area contributed by atoms with Crippen LogP contribution in [0.5, 0.6) is 0 Å². The number of imidazole rings is 1. The molecule has 1 aromatic rings. The lowest BCUT2D eigenvalue weighted by atomic mass is 10.1. The summed E-state index contributed by atoms with van der Waals surface area (Å²) < 4.78 is 2.08. The summed E-state index contributed by atoms with van der Waals surface area (Å²) in [7, 11) is 4.21. The summed E-state index contributed by atoms with van der Waals surface area (Å²) in [6.45, 7) is 2.92. The van der Waals surface area contributed by atoms with Gasteiger partial charge in [0.05, 0.1) is 6.54 Å². The van der Waals surface area contributed by atoms with Crippen LogP contribution in [0, 0.1) is 0 Å². The predicted octanol–water partition coefficient (Wildman–Crippen LogP) is 1.76. The highest BCUT2D eigenvalue weighted by Gasteiger charge is 2.03. The topological polar surface area (TPSA) is 47.1 Å². The molecule has 0 spiro atoms. The number of aromatic nitrogens is 2. The number of hydrogen-bond acceptors (Lipinski definition) is 3. The standard InChI is InChI=1S/C13H26N4/c1-16(10-7-5-3-4-6-8-14)12-13-15-9-11-17(13)2/h9,11H,3-8,10,12,14H2,1-2H3. The third kappa shape index (κ3) is 5.84. The van der Waals surface area contributed by atoms with E-state index < -0.39 is 0 Å². The van der Waals surface area contributed by atoms with Crippen LogP contribution in [0.3, 0.4) is 0 Å². The summed E-state index contributed by atoms with van der Waals surface area (Å²) in [5.41, 5.74) is 5.46. The Labute approximate surface area is 105 Å². The first-order valence-corrected chi connectivity index (χ1v) is 6.59. The van der Waals surface area contributed by atoms with Gasteiger partial charge in [0.2, 0.25) is 0 Å². The fraction of sp³-hybridized carbons (Fsp3) is 0.769. The van der Waals surface area contributed by atoms with Crippen LogP contribution in [-0.2, 0) is 13.6 Å². The molecule has 0 aliphatic carbocycles. The maximum absolute atomic E-state index is 5.46. The molecular formula is C13H26N4. The van der Waals surface area contributed by atoms with Crippen molar-refractivity contribution >= 4 is 0 Å². The lowest BCUT2D eigenvalue weighted by Crippen LogP contribution is -2.21. The summed E-state index contributed by atoms with van der Waals surface area (Å²) in [6.07, 6.45) is 10.2. The summed E-state index contributed by atoms with van der Waals surface area (Å²) in [5.74, 6) is 1.13. The molecule has 4 heteroatoms. The zero-order valence-corrected chi connectivity index (χ0v) is 11.2. The molecule has 0 bridgehead atoms. The molecule has 1 rings (SSSR count). The van der Waals surface area contributed by atoms with E-state index in [1.54, 1.807) is 0 Å². The minimum Gasteiger partial charge on any atom is -0.337 e.